The number of hydrogen-bond donors (Lipinski definition) is 1. The molecule has 3 aliphatic rings. The molecule has 0 bridgehead atoms. The van der Waals surface area contributed by atoms with Crippen molar-refractivity contribution in [2.24, 2.45) is 11.3 Å². The smallest absolute Gasteiger partial charge is 0.317 e. The number of carbonyl (C=O) groups is 2. The van der Waals surface area contributed by atoms with Crippen molar-refractivity contribution in [1.29, 1.82) is 0 Å². The van der Waals surface area contributed by atoms with Gasteiger partial charge < -0.3 is 10.0 Å². The highest BCUT2D eigenvalue weighted by molar-refractivity contribution is 5.84. The number of hydrogen-bond acceptors (Lipinski definition) is 3. The number of piperidine rings is 1. The predicted molar refractivity (Wildman–Crippen MR) is 74.3 cm³/mol. The first-order chi connectivity index (χ1) is 9.59. The average Bonchev–Trinajstić information content (AvgIpc) is 2.72. The quantitative estimate of drug-likeness (QED) is 0.840. The monoisotopic (exact) mass is 280 g/mol. The summed E-state index contributed by atoms with van der Waals surface area (Å²) in [7, 11) is 0. The van der Waals surface area contributed by atoms with Gasteiger partial charge in [0.05, 0.1) is 12.0 Å². The highest BCUT2D eigenvalue weighted by atomic mass is 16.4. The number of aliphatic carboxylic acids is 1. The largest absolute Gasteiger partial charge is 0.480 e. The lowest BCUT2D eigenvalue weighted by atomic mass is 9.77. The number of carboxylic acids is 1. The van der Waals surface area contributed by atoms with Crippen LogP contribution < -0.4 is 0 Å². The van der Waals surface area contributed by atoms with Gasteiger partial charge in [-0.3, -0.25) is 14.5 Å². The van der Waals surface area contributed by atoms with Gasteiger partial charge >= 0.3 is 5.97 Å². The average molecular weight is 280 g/mol. The molecule has 2 aliphatic heterocycles. The molecule has 3 fully saturated rings. The van der Waals surface area contributed by atoms with E-state index in [0.29, 0.717) is 18.4 Å². The van der Waals surface area contributed by atoms with Crippen molar-refractivity contribution in [2.75, 3.05) is 32.7 Å². The standard InChI is InChI=1S/C15H24N2O3/c18-13(19)10-16-8-6-15(11-16)5-2-7-17(14(15)20)9-12-3-1-4-12/h12H,1-11H2,(H,18,19)/t15-/m0/s1. The van der Waals surface area contributed by atoms with Crippen LogP contribution in [0.5, 0.6) is 0 Å². The Morgan fingerprint density at radius 1 is 1.25 bits per heavy atom. The zero-order valence-corrected chi connectivity index (χ0v) is 12.0. The summed E-state index contributed by atoms with van der Waals surface area (Å²) in [4.78, 5) is 27.6. The van der Waals surface area contributed by atoms with Crippen molar-refractivity contribution in [3.8, 4) is 0 Å². The second-order valence-corrected chi connectivity index (χ2v) is 6.79. The minimum Gasteiger partial charge on any atom is -0.480 e. The van der Waals surface area contributed by atoms with Gasteiger partial charge in [0, 0.05) is 19.6 Å². The maximum Gasteiger partial charge on any atom is 0.317 e. The Morgan fingerprint density at radius 2 is 2.05 bits per heavy atom. The molecule has 3 rings (SSSR count). The van der Waals surface area contributed by atoms with Crippen LogP contribution in [-0.2, 0) is 9.59 Å². The van der Waals surface area contributed by atoms with Crippen LogP contribution in [-0.4, -0.2) is 59.5 Å². The summed E-state index contributed by atoms with van der Waals surface area (Å²) < 4.78 is 0. The van der Waals surface area contributed by atoms with Crippen molar-refractivity contribution in [2.45, 2.75) is 38.5 Å². The van der Waals surface area contributed by atoms with Gasteiger partial charge in [-0.05, 0) is 44.6 Å². The predicted octanol–water partition coefficient (Wildman–Crippen LogP) is 1.19. The van der Waals surface area contributed by atoms with Gasteiger partial charge in [0.1, 0.15) is 0 Å². The molecule has 0 aromatic carbocycles. The molecule has 20 heavy (non-hydrogen) atoms. The molecule has 0 aromatic rings. The van der Waals surface area contributed by atoms with Gasteiger partial charge in [0.2, 0.25) is 5.91 Å². The first kappa shape index (κ1) is 13.9. The number of nitrogens with zero attached hydrogens (tertiary/aromatic N) is 2. The van der Waals surface area contributed by atoms with Gasteiger partial charge in [0.25, 0.3) is 0 Å². The van der Waals surface area contributed by atoms with Gasteiger partial charge in [-0.1, -0.05) is 6.42 Å². The summed E-state index contributed by atoms with van der Waals surface area (Å²) in [6.45, 7) is 3.28. The van der Waals surface area contributed by atoms with Crippen molar-refractivity contribution in [1.82, 2.24) is 9.80 Å². The third-order valence-electron chi connectivity index (χ3n) is 5.32. The maximum atomic E-state index is 12.8. The summed E-state index contributed by atoms with van der Waals surface area (Å²) in [6.07, 6.45) is 6.68. The van der Waals surface area contributed by atoms with Crippen LogP contribution in [0.4, 0.5) is 0 Å². The third-order valence-corrected chi connectivity index (χ3v) is 5.32. The molecular formula is C15H24N2O3. The number of likely N-dealkylation sites (tertiary alicyclic amines) is 2. The van der Waals surface area contributed by atoms with Crippen LogP contribution in [0.2, 0.25) is 0 Å². The van der Waals surface area contributed by atoms with Crippen molar-refractivity contribution in [3.05, 3.63) is 0 Å². The Balaban J connectivity index is 1.63. The topological polar surface area (TPSA) is 60.9 Å². The first-order valence-corrected chi connectivity index (χ1v) is 7.83. The van der Waals surface area contributed by atoms with Gasteiger partial charge in [-0.25, -0.2) is 0 Å². The second kappa shape index (κ2) is 5.35. The van der Waals surface area contributed by atoms with Crippen LogP contribution in [0, 0.1) is 11.3 Å². The molecular weight excluding hydrogens is 256 g/mol. The Morgan fingerprint density at radius 3 is 2.70 bits per heavy atom. The van der Waals surface area contributed by atoms with E-state index in [4.69, 9.17) is 5.11 Å². The number of amides is 1. The molecule has 1 amide bonds. The molecule has 0 unspecified atom stereocenters. The van der Waals surface area contributed by atoms with Gasteiger partial charge in [0.15, 0.2) is 0 Å². The Labute approximate surface area is 119 Å². The number of carbonyl (C=O) groups excluding carboxylic acids is 1. The molecule has 1 saturated carbocycles. The van der Waals surface area contributed by atoms with Gasteiger partial charge in [-0.2, -0.15) is 0 Å². The first-order valence-electron chi connectivity index (χ1n) is 7.83. The molecule has 1 atom stereocenters. The number of rotatable bonds is 4. The van der Waals surface area contributed by atoms with Crippen molar-refractivity contribution in [3.63, 3.8) is 0 Å². The molecule has 1 spiro atoms. The van der Waals surface area contributed by atoms with Crippen LogP contribution in [0.3, 0.4) is 0 Å². The van der Waals surface area contributed by atoms with Crippen LogP contribution >= 0.6 is 0 Å². The van der Waals surface area contributed by atoms with E-state index >= 15 is 0 Å². The van der Waals surface area contributed by atoms with Crippen LogP contribution in [0.1, 0.15) is 38.5 Å². The lowest BCUT2D eigenvalue weighted by Gasteiger charge is -2.42. The highest BCUT2D eigenvalue weighted by Gasteiger charge is 2.48. The highest BCUT2D eigenvalue weighted by Crippen LogP contribution is 2.41. The molecule has 5 heteroatoms. The molecule has 5 nitrogen and oxygen atoms in total. The lowest BCUT2D eigenvalue weighted by Crippen LogP contribution is -2.52. The van der Waals surface area contributed by atoms with E-state index in [-0.39, 0.29) is 12.0 Å². The second-order valence-electron chi connectivity index (χ2n) is 6.79. The minimum atomic E-state index is -0.795. The van der Waals surface area contributed by atoms with Crippen LogP contribution in [0.15, 0.2) is 0 Å². The molecule has 2 saturated heterocycles. The molecule has 2 heterocycles. The normalized spacial score (nSPS) is 31.8. The molecule has 112 valence electrons. The van der Waals surface area contributed by atoms with Crippen LogP contribution in [0.25, 0.3) is 0 Å². The summed E-state index contributed by atoms with van der Waals surface area (Å²) in [5, 5.41) is 8.90. The minimum absolute atomic E-state index is 0.0671. The Kier molecular flexibility index (Phi) is 3.71. The Hall–Kier alpha value is -1.10. The van der Waals surface area contributed by atoms with E-state index < -0.39 is 5.97 Å². The zero-order chi connectivity index (χ0) is 14.2. The molecule has 0 aromatic heterocycles. The van der Waals surface area contributed by atoms with E-state index in [0.717, 1.165) is 38.9 Å². The fourth-order valence-corrected chi connectivity index (χ4v) is 3.98. The van der Waals surface area contributed by atoms with Crippen molar-refractivity contribution < 1.29 is 14.7 Å². The summed E-state index contributed by atoms with van der Waals surface area (Å²) in [5.41, 5.74) is -0.280. The SMILES string of the molecule is O=C(O)CN1CC[C@@]2(CCCN(CC3CCC3)C2=O)C1. The number of carboxylic acid groups (broad SMARTS) is 1. The fraction of sp³-hybridized carbons (Fsp3) is 0.867. The zero-order valence-electron chi connectivity index (χ0n) is 12.0. The van der Waals surface area contributed by atoms with E-state index in [2.05, 4.69) is 4.90 Å². The summed E-state index contributed by atoms with van der Waals surface area (Å²) >= 11 is 0. The fourth-order valence-electron chi connectivity index (χ4n) is 3.98. The van der Waals surface area contributed by atoms with E-state index in [1.54, 1.807) is 0 Å². The Bertz CT molecular complexity index is 408. The maximum absolute atomic E-state index is 12.8. The van der Waals surface area contributed by atoms with E-state index in [1.807, 2.05) is 4.90 Å². The molecule has 0 radical (unpaired) electrons. The summed E-state index contributed by atoms with van der Waals surface area (Å²) in [6, 6.07) is 0. The lowest BCUT2D eigenvalue weighted by molar-refractivity contribution is -0.147. The molecule has 1 aliphatic carbocycles. The van der Waals surface area contributed by atoms with E-state index in [1.165, 1.54) is 19.3 Å². The van der Waals surface area contributed by atoms with Gasteiger partial charge in [-0.15, -0.1) is 0 Å². The summed E-state index contributed by atoms with van der Waals surface area (Å²) in [5.74, 6) is 0.214. The van der Waals surface area contributed by atoms with Crippen molar-refractivity contribution >= 4 is 11.9 Å². The third kappa shape index (κ3) is 2.55. The van der Waals surface area contributed by atoms with E-state index in [9.17, 15) is 9.59 Å². The molecule has 1 N–H and O–H groups in total.